The summed E-state index contributed by atoms with van der Waals surface area (Å²) in [4.78, 5) is 28.2. The third kappa shape index (κ3) is 3.01. The Morgan fingerprint density at radius 3 is 2.95 bits per heavy atom. The first-order valence-electron chi connectivity index (χ1n) is 7.30. The number of carbonyl (C=O) groups is 1. The van der Waals surface area contributed by atoms with Crippen molar-refractivity contribution < 1.29 is 15.0 Å². The number of H-pyrrole nitrogens is 1. The minimum atomic E-state index is -0.690. The average Bonchev–Trinajstić information content (AvgIpc) is 2.49. The number of aromatic nitrogens is 1. The topological polar surface area (TPSA) is 93.6 Å². The van der Waals surface area contributed by atoms with Crippen LogP contribution in [0, 0.1) is 5.41 Å². The lowest BCUT2D eigenvalue weighted by molar-refractivity contribution is -0.0720. The Hall–Kier alpha value is -1.66. The Morgan fingerprint density at radius 1 is 1.57 bits per heavy atom. The van der Waals surface area contributed by atoms with Gasteiger partial charge in [0, 0.05) is 24.7 Å². The summed E-state index contributed by atoms with van der Waals surface area (Å²) in [6.45, 7) is 2.47. The molecule has 1 fully saturated rings. The van der Waals surface area contributed by atoms with Crippen LogP contribution in [0.4, 0.5) is 0 Å². The van der Waals surface area contributed by atoms with Gasteiger partial charge in [-0.2, -0.15) is 0 Å². The van der Waals surface area contributed by atoms with Crippen LogP contribution < -0.4 is 5.56 Å². The second kappa shape index (κ2) is 6.41. The molecule has 0 aliphatic carbocycles. The molecule has 1 aliphatic heterocycles. The lowest BCUT2D eigenvalue weighted by Crippen LogP contribution is -2.55. The second-order valence-electron chi connectivity index (χ2n) is 5.71. The number of nitrogens with zero attached hydrogens (tertiary/aromatic N) is 1. The summed E-state index contributed by atoms with van der Waals surface area (Å²) in [5, 5.41) is 19.9. The number of likely N-dealkylation sites (tertiary alicyclic amines) is 1. The monoisotopic (exact) mass is 294 g/mol. The highest BCUT2D eigenvalue weighted by atomic mass is 16.3. The number of hydrogen-bond donors (Lipinski definition) is 3. The molecule has 6 heteroatoms. The van der Waals surface area contributed by atoms with E-state index in [9.17, 15) is 19.8 Å². The van der Waals surface area contributed by atoms with E-state index in [1.54, 1.807) is 11.0 Å². The maximum absolute atomic E-state index is 12.5. The van der Waals surface area contributed by atoms with Crippen LogP contribution in [0.5, 0.6) is 0 Å². The molecule has 1 aromatic heterocycles. The van der Waals surface area contributed by atoms with Crippen molar-refractivity contribution in [2.24, 2.45) is 5.41 Å². The summed E-state index contributed by atoms with van der Waals surface area (Å²) in [6, 6.07) is 3.10. The van der Waals surface area contributed by atoms with Crippen LogP contribution in [0.1, 0.15) is 36.5 Å². The van der Waals surface area contributed by atoms with Crippen molar-refractivity contribution in [3.05, 3.63) is 34.2 Å². The number of amides is 1. The number of nitrogens with one attached hydrogen (secondary N) is 1. The van der Waals surface area contributed by atoms with Gasteiger partial charge in [-0.15, -0.1) is 0 Å². The summed E-state index contributed by atoms with van der Waals surface area (Å²) in [7, 11) is 0. The third-order valence-electron chi connectivity index (χ3n) is 4.28. The van der Waals surface area contributed by atoms with Gasteiger partial charge < -0.3 is 20.1 Å². The summed E-state index contributed by atoms with van der Waals surface area (Å²) in [5.74, 6) is -0.349. The zero-order chi connectivity index (χ0) is 15.5. The molecule has 0 radical (unpaired) electrons. The molecule has 3 N–H and O–H groups in total. The molecular weight excluding hydrogens is 272 g/mol. The van der Waals surface area contributed by atoms with E-state index in [0.29, 0.717) is 19.4 Å². The number of rotatable bonds is 4. The van der Waals surface area contributed by atoms with Gasteiger partial charge in [0.05, 0.1) is 12.7 Å². The van der Waals surface area contributed by atoms with Crippen LogP contribution in [-0.4, -0.2) is 51.8 Å². The molecule has 1 aromatic rings. The molecule has 1 saturated heterocycles. The van der Waals surface area contributed by atoms with Crippen LogP contribution in [-0.2, 0) is 0 Å². The van der Waals surface area contributed by atoms with Gasteiger partial charge in [0.25, 0.3) is 11.5 Å². The number of hydrogen-bond acceptors (Lipinski definition) is 4. The van der Waals surface area contributed by atoms with Gasteiger partial charge in [-0.05, 0) is 25.0 Å². The van der Waals surface area contributed by atoms with Crippen molar-refractivity contribution >= 4 is 5.91 Å². The first-order valence-corrected chi connectivity index (χ1v) is 7.30. The van der Waals surface area contributed by atoms with E-state index in [0.717, 1.165) is 6.42 Å². The highest BCUT2D eigenvalue weighted by Gasteiger charge is 2.43. The number of pyridine rings is 1. The fourth-order valence-electron chi connectivity index (χ4n) is 3.06. The van der Waals surface area contributed by atoms with Gasteiger partial charge in [-0.1, -0.05) is 13.3 Å². The van der Waals surface area contributed by atoms with Crippen molar-refractivity contribution in [1.29, 1.82) is 0 Å². The minimum absolute atomic E-state index is 0.0947. The lowest BCUT2D eigenvalue weighted by Gasteiger charge is -2.45. The fraction of sp³-hybridized carbons (Fsp3) is 0.600. The van der Waals surface area contributed by atoms with Crippen LogP contribution in [0.2, 0.25) is 0 Å². The Labute approximate surface area is 123 Å². The maximum Gasteiger partial charge on any atom is 0.260 e. The summed E-state index contributed by atoms with van der Waals surface area (Å²) in [6.07, 6.45) is 2.72. The van der Waals surface area contributed by atoms with Crippen LogP contribution >= 0.6 is 0 Å². The van der Waals surface area contributed by atoms with Crippen molar-refractivity contribution in [3.8, 4) is 0 Å². The zero-order valence-electron chi connectivity index (χ0n) is 12.2. The molecule has 1 amide bonds. The highest BCUT2D eigenvalue weighted by molar-refractivity contribution is 5.93. The molecule has 2 atom stereocenters. The van der Waals surface area contributed by atoms with E-state index in [1.165, 1.54) is 12.3 Å². The maximum atomic E-state index is 12.5. The van der Waals surface area contributed by atoms with Gasteiger partial charge in [0.1, 0.15) is 5.56 Å². The van der Waals surface area contributed by atoms with E-state index in [1.807, 2.05) is 6.92 Å². The number of carbonyl (C=O) groups excluding carboxylic acids is 1. The molecule has 0 bridgehead atoms. The van der Waals surface area contributed by atoms with Gasteiger partial charge in [-0.3, -0.25) is 9.59 Å². The predicted molar refractivity (Wildman–Crippen MR) is 78.0 cm³/mol. The van der Waals surface area contributed by atoms with Crippen LogP contribution in [0.25, 0.3) is 0 Å². The third-order valence-corrected chi connectivity index (χ3v) is 4.28. The molecule has 0 aromatic carbocycles. The largest absolute Gasteiger partial charge is 0.396 e. The molecule has 1 aliphatic rings. The quantitative estimate of drug-likeness (QED) is 0.747. The normalized spacial score (nSPS) is 25.9. The van der Waals surface area contributed by atoms with E-state index in [-0.39, 0.29) is 24.6 Å². The fourth-order valence-corrected chi connectivity index (χ4v) is 3.06. The Morgan fingerprint density at radius 2 is 2.33 bits per heavy atom. The second-order valence-corrected chi connectivity index (χ2v) is 5.71. The standard InChI is InChI=1S/C15H22N2O4/c1-2-6-15(10-18)9-17(8-5-12(15)19)14(21)11-4-3-7-16-13(11)20/h3-4,7,12,18-19H,2,5-6,8-10H2,1H3,(H,16,20)/t12-,15-/m0/s1. The summed E-state index contributed by atoms with van der Waals surface area (Å²) >= 11 is 0. The van der Waals surface area contributed by atoms with Crippen molar-refractivity contribution in [1.82, 2.24) is 9.88 Å². The molecule has 21 heavy (non-hydrogen) atoms. The van der Waals surface area contributed by atoms with Crippen LogP contribution in [0.3, 0.4) is 0 Å². The van der Waals surface area contributed by atoms with E-state index < -0.39 is 17.1 Å². The highest BCUT2D eigenvalue weighted by Crippen LogP contribution is 2.35. The van der Waals surface area contributed by atoms with E-state index >= 15 is 0 Å². The van der Waals surface area contributed by atoms with Crippen molar-refractivity contribution in [3.63, 3.8) is 0 Å². The van der Waals surface area contributed by atoms with Crippen molar-refractivity contribution in [2.75, 3.05) is 19.7 Å². The first kappa shape index (κ1) is 15.7. The first-order chi connectivity index (χ1) is 10.0. The molecule has 0 saturated carbocycles. The van der Waals surface area contributed by atoms with Gasteiger partial charge in [0.15, 0.2) is 0 Å². The predicted octanol–water partition coefficient (Wildman–Crippen LogP) is 0.360. The Bertz CT molecular complexity index is 557. The Balaban J connectivity index is 2.23. The minimum Gasteiger partial charge on any atom is -0.396 e. The molecule has 0 unspecified atom stereocenters. The lowest BCUT2D eigenvalue weighted by atomic mass is 9.74. The van der Waals surface area contributed by atoms with Gasteiger partial charge in [-0.25, -0.2) is 0 Å². The zero-order valence-corrected chi connectivity index (χ0v) is 12.2. The number of aromatic amines is 1. The summed E-state index contributed by atoms with van der Waals surface area (Å²) < 4.78 is 0. The van der Waals surface area contributed by atoms with Crippen molar-refractivity contribution in [2.45, 2.75) is 32.3 Å². The number of piperidine rings is 1. The Kier molecular flexibility index (Phi) is 4.80. The summed E-state index contributed by atoms with van der Waals surface area (Å²) in [5.41, 5.74) is -1.01. The van der Waals surface area contributed by atoms with E-state index in [4.69, 9.17) is 0 Å². The molecule has 2 heterocycles. The number of aliphatic hydroxyl groups excluding tert-OH is 2. The smallest absolute Gasteiger partial charge is 0.260 e. The number of aliphatic hydroxyl groups is 2. The van der Waals surface area contributed by atoms with Crippen LogP contribution in [0.15, 0.2) is 23.1 Å². The van der Waals surface area contributed by atoms with E-state index in [2.05, 4.69) is 4.98 Å². The van der Waals surface area contributed by atoms with Gasteiger partial charge >= 0.3 is 0 Å². The SMILES string of the molecule is CCC[C@@]1(CO)CN(C(=O)c2ccc[nH]c2=O)CC[C@@H]1O. The molecule has 0 spiro atoms. The van der Waals surface area contributed by atoms with Gasteiger partial charge in [0.2, 0.25) is 0 Å². The average molecular weight is 294 g/mol. The molecule has 2 rings (SSSR count). The molecule has 6 nitrogen and oxygen atoms in total. The molecular formula is C15H22N2O4. The molecule has 116 valence electrons.